The van der Waals surface area contributed by atoms with E-state index in [9.17, 15) is 4.79 Å². The number of likely N-dealkylation sites (N-methyl/N-ethyl adjacent to an activating group) is 1. The first-order chi connectivity index (χ1) is 7.54. The van der Waals surface area contributed by atoms with E-state index in [2.05, 4.69) is 0 Å². The fourth-order valence-corrected chi connectivity index (χ4v) is 1.37. The predicted molar refractivity (Wildman–Crippen MR) is 64.6 cm³/mol. The van der Waals surface area contributed by atoms with Gasteiger partial charge in [-0.25, -0.2) is 0 Å². The highest BCUT2D eigenvalue weighted by Gasteiger charge is 2.12. The smallest absolute Gasteiger partial charge is 0.226 e. The van der Waals surface area contributed by atoms with Crippen molar-refractivity contribution in [2.75, 3.05) is 14.2 Å². The van der Waals surface area contributed by atoms with Crippen LogP contribution < -0.4 is 4.74 Å². The maximum absolute atomic E-state index is 11.8. The average molecular weight is 221 g/mol. The molecule has 88 valence electrons. The fraction of sp³-hybridized carbons (Fsp3) is 0.462. The molecular formula is C13H19NO2. The summed E-state index contributed by atoms with van der Waals surface area (Å²) in [5.41, 5.74) is 0.983. The summed E-state index contributed by atoms with van der Waals surface area (Å²) in [7, 11) is 3.45. The van der Waals surface area contributed by atoms with Gasteiger partial charge in [-0.3, -0.25) is 4.79 Å². The average Bonchev–Trinajstić information content (AvgIpc) is 2.28. The molecule has 0 aliphatic rings. The number of ether oxygens (including phenoxy) is 1. The van der Waals surface area contributed by atoms with Gasteiger partial charge < -0.3 is 9.64 Å². The second-order valence-corrected chi connectivity index (χ2v) is 4.13. The molecule has 0 radical (unpaired) electrons. The first kappa shape index (κ1) is 12.6. The molecule has 0 N–H and O–H groups in total. The predicted octanol–water partition coefficient (Wildman–Crippen LogP) is 2.10. The SMILES string of the molecule is COc1cccc(CC(=O)N(C)C(C)C)c1. The molecule has 3 heteroatoms. The number of hydrogen-bond acceptors (Lipinski definition) is 2. The summed E-state index contributed by atoms with van der Waals surface area (Å²) in [5, 5.41) is 0. The van der Waals surface area contributed by atoms with Crippen LogP contribution in [0.15, 0.2) is 24.3 Å². The molecule has 0 aliphatic carbocycles. The summed E-state index contributed by atoms with van der Waals surface area (Å²) in [6.07, 6.45) is 0.422. The zero-order chi connectivity index (χ0) is 12.1. The topological polar surface area (TPSA) is 29.5 Å². The van der Waals surface area contributed by atoms with E-state index >= 15 is 0 Å². The van der Waals surface area contributed by atoms with E-state index in [-0.39, 0.29) is 11.9 Å². The Morgan fingerprint density at radius 3 is 2.69 bits per heavy atom. The highest BCUT2D eigenvalue weighted by atomic mass is 16.5. The lowest BCUT2D eigenvalue weighted by atomic mass is 10.1. The van der Waals surface area contributed by atoms with Crippen LogP contribution >= 0.6 is 0 Å². The van der Waals surface area contributed by atoms with Crippen molar-refractivity contribution in [3.8, 4) is 5.75 Å². The summed E-state index contributed by atoms with van der Waals surface area (Å²) in [4.78, 5) is 13.6. The molecule has 3 nitrogen and oxygen atoms in total. The number of benzene rings is 1. The van der Waals surface area contributed by atoms with Crippen LogP contribution in [0.5, 0.6) is 5.75 Å². The first-order valence-corrected chi connectivity index (χ1v) is 5.43. The Hall–Kier alpha value is -1.51. The van der Waals surface area contributed by atoms with E-state index in [4.69, 9.17) is 4.74 Å². The number of carbonyl (C=O) groups excluding carboxylic acids is 1. The van der Waals surface area contributed by atoms with Crippen molar-refractivity contribution in [3.63, 3.8) is 0 Å². The van der Waals surface area contributed by atoms with Gasteiger partial charge >= 0.3 is 0 Å². The minimum absolute atomic E-state index is 0.128. The van der Waals surface area contributed by atoms with Gasteiger partial charge in [0.05, 0.1) is 13.5 Å². The Bertz CT molecular complexity index is 361. The van der Waals surface area contributed by atoms with E-state index in [0.717, 1.165) is 11.3 Å². The van der Waals surface area contributed by atoms with Crippen molar-refractivity contribution in [1.82, 2.24) is 4.90 Å². The van der Waals surface area contributed by atoms with Gasteiger partial charge in [0.1, 0.15) is 5.75 Å². The lowest BCUT2D eigenvalue weighted by Crippen LogP contribution is -2.34. The van der Waals surface area contributed by atoms with Crippen LogP contribution in [0.1, 0.15) is 19.4 Å². The molecular weight excluding hydrogens is 202 g/mol. The maximum atomic E-state index is 11.8. The highest BCUT2D eigenvalue weighted by Crippen LogP contribution is 2.13. The molecule has 0 aliphatic heterocycles. The Morgan fingerprint density at radius 2 is 2.12 bits per heavy atom. The van der Waals surface area contributed by atoms with Gasteiger partial charge in [-0.05, 0) is 31.5 Å². The molecule has 0 fully saturated rings. The van der Waals surface area contributed by atoms with Crippen molar-refractivity contribution in [3.05, 3.63) is 29.8 Å². The van der Waals surface area contributed by atoms with Crippen molar-refractivity contribution in [1.29, 1.82) is 0 Å². The Morgan fingerprint density at radius 1 is 1.44 bits per heavy atom. The number of rotatable bonds is 4. The molecule has 0 saturated heterocycles. The van der Waals surface area contributed by atoms with Crippen molar-refractivity contribution in [2.45, 2.75) is 26.3 Å². The molecule has 0 bridgehead atoms. The van der Waals surface area contributed by atoms with E-state index in [1.165, 1.54) is 0 Å². The lowest BCUT2D eigenvalue weighted by Gasteiger charge is -2.21. The van der Waals surface area contributed by atoms with E-state index in [0.29, 0.717) is 6.42 Å². The molecule has 0 saturated carbocycles. The van der Waals surface area contributed by atoms with Crippen molar-refractivity contribution >= 4 is 5.91 Å². The molecule has 0 unspecified atom stereocenters. The van der Waals surface area contributed by atoms with Crippen LogP contribution in [0.3, 0.4) is 0 Å². The third-order valence-electron chi connectivity index (χ3n) is 2.66. The summed E-state index contributed by atoms with van der Waals surface area (Å²) in [6.45, 7) is 4.01. The molecule has 1 rings (SSSR count). The van der Waals surface area contributed by atoms with Gasteiger partial charge in [0.25, 0.3) is 0 Å². The summed E-state index contributed by atoms with van der Waals surface area (Å²) in [5.74, 6) is 0.917. The quantitative estimate of drug-likeness (QED) is 0.779. The first-order valence-electron chi connectivity index (χ1n) is 5.43. The summed E-state index contributed by atoms with van der Waals surface area (Å²) in [6, 6.07) is 7.84. The minimum atomic E-state index is 0.128. The van der Waals surface area contributed by atoms with Crippen molar-refractivity contribution < 1.29 is 9.53 Å². The maximum Gasteiger partial charge on any atom is 0.226 e. The van der Waals surface area contributed by atoms with Gasteiger partial charge in [-0.2, -0.15) is 0 Å². The number of hydrogen-bond donors (Lipinski definition) is 0. The van der Waals surface area contributed by atoms with Gasteiger partial charge in [-0.15, -0.1) is 0 Å². The zero-order valence-electron chi connectivity index (χ0n) is 10.4. The molecule has 0 spiro atoms. The Labute approximate surface area is 97.0 Å². The molecule has 0 atom stereocenters. The number of carbonyl (C=O) groups is 1. The number of amides is 1. The van der Waals surface area contributed by atoms with Crippen LogP contribution in [0.2, 0.25) is 0 Å². The normalized spacial score (nSPS) is 10.3. The van der Waals surface area contributed by atoms with Gasteiger partial charge in [-0.1, -0.05) is 12.1 Å². The van der Waals surface area contributed by atoms with Crippen LogP contribution in [0.25, 0.3) is 0 Å². The molecule has 0 heterocycles. The van der Waals surface area contributed by atoms with Crippen LogP contribution in [-0.2, 0) is 11.2 Å². The molecule has 1 aromatic carbocycles. The highest BCUT2D eigenvalue weighted by molar-refractivity contribution is 5.78. The van der Waals surface area contributed by atoms with Crippen LogP contribution in [0.4, 0.5) is 0 Å². The fourth-order valence-electron chi connectivity index (χ4n) is 1.37. The van der Waals surface area contributed by atoms with Gasteiger partial charge in [0.2, 0.25) is 5.91 Å². The zero-order valence-corrected chi connectivity index (χ0v) is 10.4. The summed E-state index contributed by atoms with van der Waals surface area (Å²) >= 11 is 0. The molecule has 16 heavy (non-hydrogen) atoms. The van der Waals surface area contributed by atoms with Crippen molar-refractivity contribution in [2.24, 2.45) is 0 Å². The van der Waals surface area contributed by atoms with Crippen LogP contribution in [-0.4, -0.2) is 31.0 Å². The third-order valence-corrected chi connectivity index (χ3v) is 2.66. The van der Waals surface area contributed by atoms with Crippen LogP contribution in [0, 0.1) is 0 Å². The Balaban J connectivity index is 2.69. The molecule has 1 aromatic rings. The standard InChI is InChI=1S/C13H19NO2/c1-10(2)14(3)13(15)9-11-6-5-7-12(8-11)16-4/h5-8,10H,9H2,1-4H3. The monoisotopic (exact) mass is 221 g/mol. The van der Waals surface area contributed by atoms with E-state index in [1.807, 2.05) is 45.2 Å². The Kier molecular flexibility index (Phi) is 4.35. The number of methoxy groups -OCH3 is 1. The minimum Gasteiger partial charge on any atom is -0.497 e. The molecule has 1 amide bonds. The summed E-state index contributed by atoms with van der Waals surface area (Å²) < 4.78 is 5.12. The van der Waals surface area contributed by atoms with Gasteiger partial charge in [0.15, 0.2) is 0 Å². The second kappa shape index (κ2) is 5.54. The van der Waals surface area contributed by atoms with Gasteiger partial charge in [0, 0.05) is 13.1 Å². The molecule has 0 aromatic heterocycles. The second-order valence-electron chi connectivity index (χ2n) is 4.13. The third kappa shape index (κ3) is 3.26. The van der Waals surface area contributed by atoms with E-state index in [1.54, 1.807) is 12.0 Å². The largest absolute Gasteiger partial charge is 0.497 e. The van der Waals surface area contributed by atoms with E-state index < -0.39 is 0 Å². The lowest BCUT2D eigenvalue weighted by molar-refractivity contribution is -0.130. The number of nitrogens with zero attached hydrogens (tertiary/aromatic N) is 1.